The molecule has 1 aromatic heterocycles. The van der Waals surface area contributed by atoms with E-state index in [0.717, 1.165) is 23.3 Å². The zero-order valence-electron chi connectivity index (χ0n) is 14.0. The number of carbonyl (C=O) groups is 1. The Hall–Kier alpha value is -1.44. The molecule has 0 saturated carbocycles. The van der Waals surface area contributed by atoms with Crippen LogP contribution in [0.1, 0.15) is 36.6 Å². The average Bonchev–Trinajstić information content (AvgIpc) is 2.93. The van der Waals surface area contributed by atoms with Crippen LogP contribution >= 0.6 is 22.9 Å². The molecule has 2 rings (SSSR count). The van der Waals surface area contributed by atoms with Gasteiger partial charge in [0, 0.05) is 22.5 Å². The van der Waals surface area contributed by atoms with Gasteiger partial charge in [-0.25, -0.2) is 13.4 Å². The van der Waals surface area contributed by atoms with Gasteiger partial charge in [-0.3, -0.25) is 4.79 Å². The summed E-state index contributed by atoms with van der Waals surface area (Å²) < 4.78 is 23.8. The zero-order valence-corrected chi connectivity index (χ0v) is 16.4. The number of anilines is 1. The van der Waals surface area contributed by atoms with E-state index >= 15 is 0 Å². The first kappa shape index (κ1) is 19.9. The van der Waals surface area contributed by atoms with Crippen molar-refractivity contribution >= 4 is 43.8 Å². The normalized spacial score (nSPS) is 11.4. The molecule has 0 unspecified atom stereocenters. The molecule has 8 heteroatoms. The molecule has 136 valence electrons. The second-order valence-electron chi connectivity index (χ2n) is 5.79. The average molecular weight is 401 g/mol. The van der Waals surface area contributed by atoms with Crippen LogP contribution in [0, 0.1) is 0 Å². The number of halogens is 1. The quantitative estimate of drug-likeness (QED) is 0.647. The monoisotopic (exact) mass is 400 g/mol. The van der Waals surface area contributed by atoms with E-state index in [4.69, 9.17) is 11.6 Å². The summed E-state index contributed by atoms with van der Waals surface area (Å²) in [5.41, 5.74) is 1.05. The van der Waals surface area contributed by atoms with Gasteiger partial charge in [0.15, 0.2) is 15.0 Å². The first-order valence-electron chi connectivity index (χ1n) is 8.07. The van der Waals surface area contributed by atoms with Gasteiger partial charge in [0.2, 0.25) is 5.91 Å². The lowest BCUT2D eigenvalue weighted by molar-refractivity contribution is -0.113. The van der Waals surface area contributed by atoms with Crippen LogP contribution in [-0.4, -0.2) is 30.8 Å². The molecule has 0 saturated heterocycles. The van der Waals surface area contributed by atoms with Crippen molar-refractivity contribution in [3.63, 3.8) is 0 Å². The molecule has 0 atom stereocenters. The van der Waals surface area contributed by atoms with E-state index in [1.165, 1.54) is 11.3 Å². The summed E-state index contributed by atoms with van der Waals surface area (Å²) in [6.45, 7) is 2.00. The number of amides is 1. The third kappa shape index (κ3) is 7.13. The smallest absolute Gasteiger partial charge is 0.241 e. The summed E-state index contributed by atoms with van der Waals surface area (Å²) in [6, 6.07) is 7.53. The SMILES string of the molecule is CCCCCS(=O)(=O)CC(=O)Nc1ncc(Cc2cccc(Cl)c2)s1. The topological polar surface area (TPSA) is 76.1 Å². The van der Waals surface area contributed by atoms with Crippen LogP contribution in [0.4, 0.5) is 5.13 Å². The number of nitrogens with zero attached hydrogens (tertiary/aromatic N) is 1. The lowest BCUT2D eigenvalue weighted by Gasteiger charge is -2.04. The minimum atomic E-state index is -3.37. The number of thiazole rings is 1. The summed E-state index contributed by atoms with van der Waals surface area (Å²) >= 11 is 7.29. The van der Waals surface area contributed by atoms with Crippen LogP contribution in [0.2, 0.25) is 5.02 Å². The molecule has 25 heavy (non-hydrogen) atoms. The molecule has 1 N–H and O–H groups in total. The molecular weight excluding hydrogens is 380 g/mol. The summed E-state index contributed by atoms with van der Waals surface area (Å²) in [6.07, 6.45) is 4.71. The van der Waals surface area contributed by atoms with Crippen molar-refractivity contribution in [2.45, 2.75) is 32.6 Å². The Bertz CT molecular complexity index is 819. The van der Waals surface area contributed by atoms with Gasteiger partial charge in [0.1, 0.15) is 5.75 Å². The van der Waals surface area contributed by atoms with Gasteiger partial charge in [-0.1, -0.05) is 43.5 Å². The van der Waals surface area contributed by atoms with Gasteiger partial charge in [-0.2, -0.15) is 0 Å². The summed E-state index contributed by atoms with van der Waals surface area (Å²) in [5.74, 6) is -0.994. The molecule has 1 heterocycles. The Kier molecular flexibility index (Phi) is 7.40. The van der Waals surface area contributed by atoms with Gasteiger partial charge >= 0.3 is 0 Å². The van der Waals surface area contributed by atoms with Crippen molar-refractivity contribution < 1.29 is 13.2 Å². The molecule has 1 aromatic carbocycles. The highest BCUT2D eigenvalue weighted by Crippen LogP contribution is 2.22. The maximum absolute atomic E-state index is 11.9. The van der Waals surface area contributed by atoms with E-state index < -0.39 is 21.5 Å². The minimum Gasteiger partial charge on any atom is -0.301 e. The summed E-state index contributed by atoms with van der Waals surface area (Å²) in [7, 11) is -3.37. The van der Waals surface area contributed by atoms with Crippen LogP contribution < -0.4 is 5.32 Å². The largest absolute Gasteiger partial charge is 0.301 e. The van der Waals surface area contributed by atoms with E-state index in [1.54, 1.807) is 6.20 Å². The number of hydrogen-bond donors (Lipinski definition) is 1. The number of carbonyl (C=O) groups excluding carboxylic acids is 1. The Balaban J connectivity index is 1.89. The number of rotatable bonds is 9. The fourth-order valence-corrected chi connectivity index (χ4v) is 4.63. The molecule has 0 aliphatic carbocycles. The second kappa shape index (κ2) is 9.31. The standard InChI is InChI=1S/C17H21ClN2O3S2/c1-2-3-4-8-25(22,23)12-16(21)20-17-19-11-15(24-17)10-13-6-5-7-14(18)9-13/h5-7,9,11H,2-4,8,10,12H2,1H3,(H,19,20,21). The molecule has 0 fully saturated rings. The van der Waals surface area contributed by atoms with E-state index in [-0.39, 0.29) is 5.75 Å². The fourth-order valence-electron chi connectivity index (χ4n) is 2.29. The van der Waals surface area contributed by atoms with Crippen LogP contribution in [0.25, 0.3) is 0 Å². The summed E-state index contributed by atoms with van der Waals surface area (Å²) in [5, 5.41) is 3.65. The molecule has 1 amide bonds. The van der Waals surface area contributed by atoms with E-state index in [0.29, 0.717) is 23.0 Å². The van der Waals surface area contributed by atoms with Crippen molar-refractivity contribution in [1.29, 1.82) is 0 Å². The Morgan fingerprint density at radius 1 is 1.32 bits per heavy atom. The Morgan fingerprint density at radius 3 is 2.84 bits per heavy atom. The van der Waals surface area contributed by atoms with Crippen molar-refractivity contribution in [3.05, 3.63) is 45.9 Å². The highest BCUT2D eigenvalue weighted by Gasteiger charge is 2.17. The van der Waals surface area contributed by atoms with Gasteiger partial charge < -0.3 is 5.32 Å². The second-order valence-corrected chi connectivity index (χ2v) is 9.52. The van der Waals surface area contributed by atoms with Gasteiger partial charge in [-0.05, 0) is 24.1 Å². The zero-order chi connectivity index (χ0) is 18.3. The van der Waals surface area contributed by atoms with Crippen molar-refractivity contribution in [2.24, 2.45) is 0 Å². The third-order valence-corrected chi connectivity index (χ3v) is 6.24. The van der Waals surface area contributed by atoms with Crippen molar-refractivity contribution in [1.82, 2.24) is 4.98 Å². The van der Waals surface area contributed by atoms with Crippen LogP contribution in [0.5, 0.6) is 0 Å². The molecule has 5 nitrogen and oxygen atoms in total. The molecule has 2 aromatic rings. The Labute approximate surface area is 157 Å². The lowest BCUT2D eigenvalue weighted by Crippen LogP contribution is -2.24. The van der Waals surface area contributed by atoms with Crippen LogP contribution in [0.15, 0.2) is 30.5 Å². The molecule has 0 radical (unpaired) electrons. The van der Waals surface area contributed by atoms with Crippen molar-refractivity contribution in [3.8, 4) is 0 Å². The van der Waals surface area contributed by atoms with Crippen molar-refractivity contribution in [2.75, 3.05) is 16.8 Å². The maximum atomic E-state index is 11.9. The van der Waals surface area contributed by atoms with Gasteiger partial charge in [0.25, 0.3) is 0 Å². The van der Waals surface area contributed by atoms with Crippen LogP contribution in [0.3, 0.4) is 0 Å². The third-order valence-electron chi connectivity index (χ3n) is 3.48. The number of benzene rings is 1. The Morgan fingerprint density at radius 2 is 2.12 bits per heavy atom. The highest BCUT2D eigenvalue weighted by molar-refractivity contribution is 7.92. The lowest BCUT2D eigenvalue weighted by atomic mass is 10.1. The predicted octanol–water partition coefficient (Wildman–Crippen LogP) is 3.93. The number of hydrogen-bond acceptors (Lipinski definition) is 5. The summed E-state index contributed by atoms with van der Waals surface area (Å²) in [4.78, 5) is 17.0. The number of sulfone groups is 1. The highest BCUT2D eigenvalue weighted by atomic mass is 35.5. The van der Waals surface area contributed by atoms with E-state index in [1.807, 2.05) is 31.2 Å². The first-order chi connectivity index (χ1) is 11.9. The minimum absolute atomic E-state index is 0.0478. The van der Waals surface area contributed by atoms with Crippen LogP contribution in [-0.2, 0) is 21.1 Å². The molecular formula is C17H21ClN2O3S2. The fraction of sp³-hybridized carbons (Fsp3) is 0.412. The molecule has 0 aliphatic heterocycles. The maximum Gasteiger partial charge on any atom is 0.241 e. The molecule has 0 spiro atoms. The van der Waals surface area contributed by atoms with E-state index in [9.17, 15) is 13.2 Å². The molecule has 0 aliphatic rings. The number of aromatic nitrogens is 1. The number of nitrogens with one attached hydrogen (secondary N) is 1. The predicted molar refractivity (Wildman–Crippen MR) is 103 cm³/mol. The first-order valence-corrected chi connectivity index (χ1v) is 11.1. The van der Waals surface area contributed by atoms with Gasteiger partial charge in [0.05, 0.1) is 5.75 Å². The van der Waals surface area contributed by atoms with Gasteiger partial charge in [-0.15, -0.1) is 11.3 Å². The molecule has 0 bridgehead atoms. The van der Waals surface area contributed by atoms with E-state index in [2.05, 4.69) is 10.3 Å². The number of unbranched alkanes of at least 4 members (excludes halogenated alkanes) is 2.